The Morgan fingerprint density at radius 1 is 1.23 bits per heavy atom. The molecule has 0 radical (unpaired) electrons. The zero-order valence-corrected chi connectivity index (χ0v) is 15.2. The van der Waals surface area contributed by atoms with Gasteiger partial charge in [0.05, 0.1) is 18.3 Å². The summed E-state index contributed by atoms with van der Waals surface area (Å²) in [6.07, 6.45) is 1.96. The van der Waals surface area contributed by atoms with Crippen molar-refractivity contribution in [3.8, 4) is 0 Å². The molecule has 0 spiro atoms. The van der Waals surface area contributed by atoms with Crippen molar-refractivity contribution < 1.29 is 18.7 Å². The number of halogens is 1. The minimum Gasteiger partial charge on any atom is -0.376 e. The van der Waals surface area contributed by atoms with E-state index in [9.17, 15) is 14.0 Å². The van der Waals surface area contributed by atoms with Crippen LogP contribution in [0.4, 0.5) is 10.1 Å². The lowest BCUT2D eigenvalue weighted by Crippen LogP contribution is -2.52. The highest BCUT2D eigenvalue weighted by Gasteiger charge is 2.27. The van der Waals surface area contributed by atoms with Crippen LogP contribution in [0.2, 0.25) is 0 Å². The number of carbonyl (C=O) groups excluding carboxylic acids is 2. The van der Waals surface area contributed by atoms with Gasteiger partial charge in [-0.1, -0.05) is 12.1 Å². The molecule has 2 fully saturated rings. The predicted molar refractivity (Wildman–Crippen MR) is 96.4 cm³/mol. The van der Waals surface area contributed by atoms with E-state index in [4.69, 9.17) is 4.74 Å². The Hall–Kier alpha value is -2.15. The average molecular weight is 363 g/mol. The number of nitrogens with zero attached hydrogens (tertiary/aromatic N) is 3. The monoisotopic (exact) mass is 363 g/mol. The van der Waals surface area contributed by atoms with Crippen LogP contribution in [0, 0.1) is 5.82 Å². The molecule has 1 unspecified atom stereocenters. The molecule has 2 aliphatic rings. The van der Waals surface area contributed by atoms with Crippen LogP contribution >= 0.6 is 0 Å². The highest BCUT2D eigenvalue weighted by molar-refractivity contribution is 5.84. The van der Waals surface area contributed by atoms with Gasteiger partial charge in [0.15, 0.2) is 0 Å². The zero-order chi connectivity index (χ0) is 18.5. The third-order valence-corrected chi connectivity index (χ3v) is 5.04. The van der Waals surface area contributed by atoms with Gasteiger partial charge >= 0.3 is 0 Å². The Bertz CT molecular complexity index is 641. The summed E-state index contributed by atoms with van der Waals surface area (Å²) in [5, 5.41) is 0. The first kappa shape index (κ1) is 18.6. The van der Waals surface area contributed by atoms with Crippen LogP contribution in [0.25, 0.3) is 0 Å². The molecule has 0 saturated carbocycles. The second-order valence-electron chi connectivity index (χ2n) is 6.85. The maximum atomic E-state index is 13.9. The molecule has 0 aromatic heterocycles. The largest absolute Gasteiger partial charge is 0.376 e. The fraction of sp³-hybridized carbons (Fsp3) is 0.579. The van der Waals surface area contributed by atoms with E-state index in [0.29, 0.717) is 38.4 Å². The maximum Gasteiger partial charge on any atom is 0.242 e. The Balaban J connectivity index is 1.52. The normalized spacial score (nSPS) is 20.3. The van der Waals surface area contributed by atoms with Crippen LogP contribution in [0.5, 0.6) is 0 Å². The fourth-order valence-electron chi connectivity index (χ4n) is 3.51. The van der Waals surface area contributed by atoms with Crippen molar-refractivity contribution in [2.45, 2.75) is 25.9 Å². The molecular weight excluding hydrogens is 337 g/mol. The molecule has 3 rings (SSSR count). The summed E-state index contributed by atoms with van der Waals surface area (Å²) in [5.74, 6) is -0.420. The number of hydrogen-bond acceptors (Lipinski definition) is 4. The van der Waals surface area contributed by atoms with Crippen molar-refractivity contribution in [3.63, 3.8) is 0 Å². The van der Waals surface area contributed by atoms with Gasteiger partial charge in [0, 0.05) is 46.3 Å². The number of rotatable bonds is 5. The second-order valence-corrected chi connectivity index (χ2v) is 6.85. The van der Waals surface area contributed by atoms with Crippen LogP contribution in [0.1, 0.15) is 19.8 Å². The average Bonchev–Trinajstić information content (AvgIpc) is 3.15. The molecule has 142 valence electrons. The zero-order valence-electron chi connectivity index (χ0n) is 15.2. The number of hydrogen-bond donors (Lipinski definition) is 0. The molecule has 1 aromatic carbocycles. The van der Waals surface area contributed by atoms with Gasteiger partial charge < -0.3 is 19.4 Å². The minimum atomic E-state index is -0.244. The Morgan fingerprint density at radius 2 is 1.96 bits per heavy atom. The third kappa shape index (κ3) is 4.52. The Labute approximate surface area is 153 Å². The lowest BCUT2D eigenvalue weighted by Gasteiger charge is -2.37. The van der Waals surface area contributed by atoms with Gasteiger partial charge in [-0.3, -0.25) is 9.59 Å². The number of ether oxygens (including phenoxy) is 1. The second kappa shape index (κ2) is 8.49. The number of piperazine rings is 1. The molecule has 0 aliphatic carbocycles. The number of anilines is 1. The smallest absolute Gasteiger partial charge is 0.242 e. The SMILES string of the molecule is CC(=O)N(CC(=O)N1CCN(c2ccccc2F)CC1)CC1CCCO1. The molecule has 2 saturated heterocycles. The first-order chi connectivity index (χ1) is 12.5. The predicted octanol–water partition coefficient (Wildman–Crippen LogP) is 1.50. The van der Waals surface area contributed by atoms with Crippen LogP contribution in [0.3, 0.4) is 0 Å². The van der Waals surface area contributed by atoms with Gasteiger partial charge in [-0.25, -0.2) is 4.39 Å². The molecule has 6 nitrogen and oxygen atoms in total. The summed E-state index contributed by atoms with van der Waals surface area (Å²) in [4.78, 5) is 29.7. The van der Waals surface area contributed by atoms with Crippen molar-refractivity contribution in [1.29, 1.82) is 0 Å². The highest BCUT2D eigenvalue weighted by atomic mass is 19.1. The summed E-state index contributed by atoms with van der Waals surface area (Å²) >= 11 is 0. The topological polar surface area (TPSA) is 53.1 Å². The molecular formula is C19H26FN3O3. The van der Waals surface area contributed by atoms with Gasteiger partial charge in [-0.15, -0.1) is 0 Å². The number of carbonyl (C=O) groups is 2. The molecule has 2 aliphatic heterocycles. The molecule has 7 heteroatoms. The molecule has 26 heavy (non-hydrogen) atoms. The molecule has 2 amide bonds. The summed E-state index contributed by atoms with van der Waals surface area (Å²) in [6.45, 7) is 4.97. The van der Waals surface area contributed by atoms with Crippen molar-refractivity contribution in [2.24, 2.45) is 0 Å². The van der Waals surface area contributed by atoms with Crippen LogP contribution < -0.4 is 4.90 Å². The molecule has 1 atom stereocenters. The summed E-state index contributed by atoms with van der Waals surface area (Å²) in [6, 6.07) is 6.68. The van der Waals surface area contributed by atoms with E-state index in [-0.39, 0.29) is 30.3 Å². The number of amides is 2. The Morgan fingerprint density at radius 3 is 2.58 bits per heavy atom. The lowest BCUT2D eigenvalue weighted by molar-refractivity contribution is -0.140. The third-order valence-electron chi connectivity index (χ3n) is 5.04. The van der Waals surface area contributed by atoms with Crippen LogP contribution in [-0.4, -0.2) is 73.6 Å². The standard InChI is InChI=1S/C19H26FN3O3/c1-15(24)23(13-16-5-4-12-26-16)14-19(25)22-10-8-21(9-11-22)18-7-3-2-6-17(18)20/h2-3,6-7,16H,4-5,8-14H2,1H3. The van der Waals surface area contributed by atoms with Gasteiger partial charge in [0.2, 0.25) is 11.8 Å². The molecule has 2 heterocycles. The van der Waals surface area contributed by atoms with Crippen molar-refractivity contribution in [3.05, 3.63) is 30.1 Å². The first-order valence-corrected chi connectivity index (χ1v) is 9.19. The van der Waals surface area contributed by atoms with E-state index in [2.05, 4.69) is 0 Å². The quantitative estimate of drug-likeness (QED) is 0.796. The summed E-state index contributed by atoms with van der Waals surface area (Å²) in [5.41, 5.74) is 0.573. The highest BCUT2D eigenvalue weighted by Crippen LogP contribution is 2.20. The summed E-state index contributed by atoms with van der Waals surface area (Å²) in [7, 11) is 0. The Kier molecular flexibility index (Phi) is 6.08. The lowest BCUT2D eigenvalue weighted by atomic mass is 10.2. The molecule has 1 aromatic rings. The number of para-hydroxylation sites is 1. The fourth-order valence-corrected chi connectivity index (χ4v) is 3.51. The van der Waals surface area contributed by atoms with E-state index in [1.807, 2.05) is 11.0 Å². The van der Waals surface area contributed by atoms with Crippen molar-refractivity contribution in [2.75, 3.05) is 50.8 Å². The van der Waals surface area contributed by atoms with E-state index in [0.717, 1.165) is 19.4 Å². The number of benzene rings is 1. The van der Waals surface area contributed by atoms with Crippen molar-refractivity contribution >= 4 is 17.5 Å². The van der Waals surface area contributed by atoms with Crippen LogP contribution in [0.15, 0.2) is 24.3 Å². The van der Waals surface area contributed by atoms with E-state index in [1.165, 1.54) is 13.0 Å². The van der Waals surface area contributed by atoms with Gasteiger partial charge in [0.1, 0.15) is 5.82 Å². The van der Waals surface area contributed by atoms with E-state index < -0.39 is 0 Å². The molecule has 0 bridgehead atoms. The maximum absolute atomic E-state index is 13.9. The van der Waals surface area contributed by atoms with Gasteiger partial charge in [0.25, 0.3) is 0 Å². The van der Waals surface area contributed by atoms with Crippen molar-refractivity contribution in [1.82, 2.24) is 9.80 Å². The van der Waals surface area contributed by atoms with Crippen LogP contribution in [-0.2, 0) is 14.3 Å². The summed E-state index contributed by atoms with van der Waals surface area (Å²) < 4.78 is 19.5. The van der Waals surface area contributed by atoms with E-state index in [1.54, 1.807) is 21.9 Å². The molecule has 0 N–H and O–H groups in total. The van der Waals surface area contributed by atoms with Gasteiger partial charge in [-0.05, 0) is 25.0 Å². The minimum absolute atomic E-state index is 0.0320. The van der Waals surface area contributed by atoms with E-state index >= 15 is 0 Å². The first-order valence-electron chi connectivity index (χ1n) is 9.19. The van der Waals surface area contributed by atoms with Gasteiger partial charge in [-0.2, -0.15) is 0 Å².